The lowest BCUT2D eigenvalue weighted by Crippen LogP contribution is -2.26. The van der Waals surface area contributed by atoms with Crippen LogP contribution in [0.1, 0.15) is 5.56 Å². The zero-order valence-electron chi connectivity index (χ0n) is 9.76. The van der Waals surface area contributed by atoms with Gasteiger partial charge in [-0.05, 0) is 23.8 Å². The quantitative estimate of drug-likeness (QED) is 0.723. The topological polar surface area (TPSA) is 53.2 Å². The molecular weight excluding hydrogens is 245 g/mol. The molecule has 0 radical (unpaired) electrons. The SMILES string of the molecule is O=[P@@]1(Nc2ccccc2)NCc2ccccc2N1. The van der Waals surface area contributed by atoms with Gasteiger partial charge in [0.25, 0.3) is 0 Å². The Morgan fingerprint density at radius 2 is 1.72 bits per heavy atom. The van der Waals surface area contributed by atoms with Crippen LogP contribution in [0.3, 0.4) is 0 Å². The number of anilines is 2. The highest BCUT2D eigenvalue weighted by Gasteiger charge is 2.26. The monoisotopic (exact) mass is 259 g/mol. The van der Waals surface area contributed by atoms with E-state index in [-0.39, 0.29) is 0 Å². The van der Waals surface area contributed by atoms with Crippen molar-refractivity contribution >= 4 is 19.0 Å². The second kappa shape index (κ2) is 4.48. The molecule has 92 valence electrons. The van der Waals surface area contributed by atoms with Gasteiger partial charge in [0, 0.05) is 17.9 Å². The molecule has 0 amide bonds. The van der Waals surface area contributed by atoms with Crippen molar-refractivity contribution in [1.29, 1.82) is 0 Å². The van der Waals surface area contributed by atoms with Gasteiger partial charge in [-0.2, -0.15) is 0 Å². The Kier molecular flexibility index (Phi) is 2.82. The van der Waals surface area contributed by atoms with Crippen molar-refractivity contribution < 1.29 is 4.57 Å². The number of para-hydroxylation sites is 2. The lowest BCUT2D eigenvalue weighted by atomic mass is 10.2. The average Bonchev–Trinajstić information content (AvgIpc) is 2.39. The molecule has 18 heavy (non-hydrogen) atoms. The smallest absolute Gasteiger partial charge is 0.308 e. The predicted octanol–water partition coefficient (Wildman–Crippen LogP) is 3.42. The summed E-state index contributed by atoms with van der Waals surface area (Å²) in [5.41, 5.74) is 2.88. The van der Waals surface area contributed by atoms with Crippen molar-refractivity contribution in [2.75, 3.05) is 10.2 Å². The van der Waals surface area contributed by atoms with E-state index in [0.29, 0.717) is 6.54 Å². The molecule has 2 aromatic carbocycles. The molecule has 0 unspecified atom stereocenters. The number of fused-ring (bicyclic) bond motifs is 1. The first kappa shape index (κ1) is 11.3. The maximum atomic E-state index is 12.6. The zero-order chi connectivity index (χ0) is 12.4. The molecule has 3 rings (SSSR count). The Morgan fingerprint density at radius 3 is 2.56 bits per heavy atom. The van der Waals surface area contributed by atoms with Gasteiger partial charge in [0.15, 0.2) is 0 Å². The fourth-order valence-corrected chi connectivity index (χ4v) is 3.63. The largest absolute Gasteiger partial charge is 0.328 e. The fourth-order valence-electron chi connectivity index (χ4n) is 1.95. The molecule has 1 heterocycles. The molecule has 0 aliphatic carbocycles. The zero-order valence-corrected chi connectivity index (χ0v) is 10.7. The van der Waals surface area contributed by atoms with Gasteiger partial charge in [-0.25, -0.2) is 5.09 Å². The van der Waals surface area contributed by atoms with Crippen LogP contribution in [0.25, 0.3) is 0 Å². The first-order valence-electron chi connectivity index (χ1n) is 5.80. The van der Waals surface area contributed by atoms with Crippen LogP contribution in [0.15, 0.2) is 54.6 Å². The lowest BCUT2D eigenvalue weighted by molar-refractivity contribution is 0.570. The maximum Gasteiger partial charge on any atom is 0.328 e. The van der Waals surface area contributed by atoms with Gasteiger partial charge in [0.1, 0.15) is 0 Å². The highest BCUT2D eigenvalue weighted by atomic mass is 31.2. The fraction of sp³-hybridized carbons (Fsp3) is 0.0769. The number of rotatable bonds is 2. The van der Waals surface area contributed by atoms with E-state index in [1.807, 2.05) is 54.6 Å². The van der Waals surface area contributed by atoms with E-state index in [1.54, 1.807) is 0 Å². The van der Waals surface area contributed by atoms with Gasteiger partial charge in [-0.15, -0.1) is 0 Å². The predicted molar refractivity (Wildman–Crippen MR) is 74.6 cm³/mol. The summed E-state index contributed by atoms with van der Waals surface area (Å²) < 4.78 is 12.6. The normalized spacial score (nSPS) is 21.8. The molecule has 4 nitrogen and oxygen atoms in total. The minimum Gasteiger partial charge on any atom is -0.308 e. The summed E-state index contributed by atoms with van der Waals surface area (Å²) in [7, 11) is -2.82. The molecule has 0 bridgehead atoms. The van der Waals surface area contributed by atoms with Crippen LogP contribution in [0.4, 0.5) is 11.4 Å². The van der Waals surface area contributed by atoms with E-state index in [4.69, 9.17) is 0 Å². The molecule has 1 aliphatic rings. The van der Waals surface area contributed by atoms with E-state index in [0.717, 1.165) is 16.9 Å². The molecule has 0 saturated heterocycles. The van der Waals surface area contributed by atoms with Gasteiger partial charge >= 0.3 is 7.59 Å². The average molecular weight is 259 g/mol. The van der Waals surface area contributed by atoms with Gasteiger partial charge < -0.3 is 10.2 Å². The molecule has 5 heteroatoms. The third-order valence-electron chi connectivity index (χ3n) is 2.85. The van der Waals surface area contributed by atoms with Gasteiger partial charge in [0.2, 0.25) is 0 Å². The minimum absolute atomic E-state index is 0.598. The van der Waals surface area contributed by atoms with Crippen molar-refractivity contribution in [3.63, 3.8) is 0 Å². The molecule has 1 aliphatic heterocycles. The number of benzene rings is 2. The van der Waals surface area contributed by atoms with Crippen molar-refractivity contribution in [2.45, 2.75) is 6.54 Å². The number of hydrogen-bond donors (Lipinski definition) is 3. The Hall–Kier alpha value is -1.77. The van der Waals surface area contributed by atoms with Crippen LogP contribution in [-0.2, 0) is 11.1 Å². The van der Waals surface area contributed by atoms with Crippen LogP contribution in [0.5, 0.6) is 0 Å². The summed E-state index contributed by atoms with van der Waals surface area (Å²) in [4.78, 5) is 0. The van der Waals surface area contributed by atoms with E-state index in [1.165, 1.54) is 0 Å². The van der Waals surface area contributed by atoms with Gasteiger partial charge in [0.05, 0.1) is 0 Å². The summed E-state index contributed by atoms with van der Waals surface area (Å²) in [6.07, 6.45) is 0. The second-order valence-electron chi connectivity index (χ2n) is 4.19. The summed E-state index contributed by atoms with van der Waals surface area (Å²) in [5, 5.41) is 9.12. The van der Waals surface area contributed by atoms with Crippen LogP contribution in [-0.4, -0.2) is 0 Å². The summed E-state index contributed by atoms with van der Waals surface area (Å²) >= 11 is 0. The Morgan fingerprint density at radius 1 is 1.00 bits per heavy atom. The standard InChI is InChI=1S/C13H14N3OP/c17-18(15-12-7-2-1-3-8-12)14-10-11-6-4-5-9-13(11)16-18/h1-9H,10H2,(H3,14,15,16,17)/t18-/m1/s1. The van der Waals surface area contributed by atoms with E-state index >= 15 is 0 Å². The Labute approximate surface area is 106 Å². The Bertz CT molecular complexity index is 600. The minimum atomic E-state index is -2.82. The van der Waals surface area contributed by atoms with Crippen molar-refractivity contribution in [3.05, 3.63) is 60.2 Å². The van der Waals surface area contributed by atoms with Gasteiger partial charge in [-0.1, -0.05) is 36.4 Å². The summed E-state index contributed by atoms with van der Waals surface area (Å²) in [6.45, 7) is 0.598. The van der Waals surface area contributed by atoms with Crippen LogP contribution in [0.2, 0.25) is 0 Å². The van der Waals surface area contributed by atoms with E-state index in [2.05, 4.69) is 15.3 Å². The third-order valence-corrected chi connectivity index (χ3v) is 4.58. The first-order chi connectivity index (χ1) is 8.75. The third kappa shape index (κ3) is 2.26. The first-order valence-corrected chi connectivity index (χ1v) is 7.51. The molecule has 3 N–H and O–H groups in total. The molecule has 0 saturated carbocycles. The second-order valence-corrected chi connectivity index (χ2v) is 6.17. The van der Waals surface area contributed by atoms with Crippen molar-refractivity contribution in [2.24, 2.45) is 0 Å². The number of nitrogens with one attached hydrogen (secondary N) is 3. The highest BCUT2D eigenvalue weighted by molar-refractivity contribution is 7.65. The maximum absolute atomic E-state index is 12.6. The number of hydrogen-bond acceptors (Lipinski definition) is 1. The van der Waals surface area contributed by atoms with Crippen LogP contribution < -0.4 is 15.3 Å². The molecule has 1 atom stereocenters. The van der Waals surface area contributed by atoms with Crippen molar-refractivity contribution in [3.8, 4) is 0 Å². The summed E-state index contributed by atoms with van der Waals surface area (Å²) in [6, 6.07) is 17.4. The van der Waals surface area contributed by atoms with E-state index in [9.17, 15) is 4.57 Å². The highest BCUT2D eigenvalue weighted by Crippen LogP contribution is 2.45. The molecule has 2 aromatic rings. The molecular formula is C13H14N3OP. The van der Waals surface area contributed by atoms with Crippen LogP contribution in [0, 0.1) is 0 Å². The Balaban J connectivity index is 1.84. The molecule has 0 aromatic heterocycles. The lowest BCUT2D eigenvalue weighted by Gasteiger charge is -2.29. The van der Waals surface area contributed by atoms with Crippen molar-refractivity contribution in [1.82, 2.24) is 5.09 Å². The molecule has 0 spiro atoms. The van der Waals surface area contributed by atoms with E-state index < -0.39 is 7.59 Å². The van der Waals surface area contributed by atoms with Gasteiger partial charge in [-0.3, -0.25) is 4.57 Å². The molecule has 0 fully saturated rings. The summed E-state index contributed by atoms with van der Waals surface area (Å²) in [5.74, 6) is 0. The van der Waals surface area contributed by atoms with Crippen LogP contribution >= 0.6 is 7.59 Å².